The summed E-state index contributed by atoms with van der Waals surface area (Å²) < 4.78 is 14.5. The molecule has 2 heterocycles. The van der Waals surface area contributed by atoms with Crippen molar-refractivity contribution in [3.05, 3.63) is 81.9 Å². The molecule has 1 unspecified atom stereocenters. The van der Waals surface area contributed by atoms with Crippen LogP contribution in [-0.2, 0) is 4.74 Å². The van der Waals surface area contributed by atoms with Crippen molar-refractivity contribution in [1.29, 1.82) is 0 Å². The number of thioether (sulfide) groups is 1. The molecule has 0 amide bonds. The summed E-state index contributed by atoms with van der Waals surface area (Å²) in [4.78, 5) is 31.6. The lowest BCUT2D eigenvalue weighted by Gasteiger charge is -2.17. The third kappa shape index (κ3) is 4.76. The molecule has 0 saturated carbocycles. The standard InChI is InChI=1S/C27H29N3O4S/c1-17-14-21(19(3)29(17)18(2)15-33-4)24(31)16-35-27-28-22-11-7-6-10-20(22)26(32)30(27)23-12-8-9-13-25(23)34-5/h6-14,18H,15-16H2,1-5H3. The number of fused-ring (bicyclic) bond motifs is 1. The van der Waals surface area contributed by atoms with Crippen LogP contribution in [-0.4, -0.2) is 46.5 Å². The fourth-order valence-corrected chi connectivity index (χ4v) is 5.39. The van der Waals surface area contributed by atoms with Crippen LogP contribution in [0.1, 0.15) is 34.7 Å². The minimum absolute atomic E-state index is 0.0204. The number of ether oxygens (including phenoxy) is 2. The number of hydrogen-bond acceptors (Lipinski definition) is 6. The summed E-state index contributed by atoms with van der Waals surface area (Å²) in [5, 5.41) is 0.942. The van der Waals surface area contributed by atoms with E-state index in [1.807, 2.05) is 50.2 Å². The van der Waals surface area contributed by atoms with E-state index in [4.69, 9.17) is 14.5 Å². The molecular formula is C27H29N3O4S. The number of Topliss-reactive ketones (excluding diaryl/α,β-unsaturated/α-hetero) is 1. The molecule has 0 fully saturated rings. The molecule has 4 aromatic rings. The molecular weight excluding hydrogens is 462 g/mol. The molecule has 2 aromatic heterocycles. The second-order valence-corrected chi connectivity index (χ2v) is 9.34. The third-order valence-corrected chi connectivity index (χ3v) is 6.98. The van der Waals surface area contributed by atoms with E-state index >= 15 is 0 Å². The van der Waals surface area contributed by atoms with Crippen LogP contribution in [0, 0.1) is 13.8 Å². The maximum absolute atomic E-state index is 13.5. The highest BCUT2D eigenvalue weighted by Gasteiger charge is 2.21. The second kappa shape index (κ2) is 10.5. The molecule has 0 aliphatic carbocycles. The van der Waals surface area contributed by atoms with Gasteiger partial charge in [0.2, 0.25) is 0 Å². The largest absolute Gasteiger partial charge is 0.495 e. The summed E-state index contributed by atoms with van der Waals surface area (Å²) in [5.41, 5.74) is 3.55. The summed E-state index contributed by atoms with van der Waals surface area (Å²) in [6.45, 7) is 6.58. The van der Waals surface area contributed by atoms with Crippen LogP contribution >= 0.6 is 11.8 Å². The predicted octanol–water partition coefficient (Wildman–Crippen LogP) is 5.00. The molecule has 2 aromatic carbocycles. The average molecular weight is 492 g/mol. The van der Waals surface area contributed by atoms with E-state index in [1.165, 1.54) is 16.3 Å². The zero-order valence-electron chi connectivity index (χ0n) is 20.6. The van der Waals surface area contributed by atoms with Crippen molar-refractivity contribution in [3.8, 4) is 11.4 Å². The quantitative estimate of drug-likeness (QED) is 0.186. The highest BCUT2D eigenvalue weighted by atomic mass is 32.2. The Labute approximate surface area is 208 Å². The zero-order chi connectivity index (χ0) is 25.1. The molecule has 1 atom stereocenters. The van der Waals surface area contributed by atoms with E-state index in [9.17, 15) is 9.59 Å². The Morgan fingerprint density at radius 2 is 1.80 bits per heavy atom. The molecule has 8 heteroatoms. The van der Waals surface area contributed by atoms with Crippen molar-refractivity contribution in [2.24, 2.45) is 0 Å². The number of hydrogen-bond donors (Lipinski definition) is 0. The maximum Gasteiger partial charge on any atom is 0.266 e. The van der Waals surface area contributed by atoms with Crippen LogP contribution in [0.15, 0.2) is 64.5 Å². The van der Waals surface area contributed by atoms with Crippen LogP contribution in [0.4, 0.5) is 0 Å². The van der Waals surface area contributed by atoms with Crippen molar-refractivity contribution < 1.29 is 14.3 Å². The number of carbonyl (C=O) groups excluding carboxylic acids is 1. The van der Waals surface area contributed by atoms with Gasteiger partial charge in [0, 0.05) is 24.1 Å². The Morgan fingerprint density at radius 3 is 2.54 bits per heavy atom. The average Bonchev–Trinajstić information content (AvgIpc) is 3.16. The lowest BCUT2D eigenvalue weighted by Crippen LogP contribution is -2.22. The summed E-state index contributed by atoms with van der Waals surface area (Å²) in [6.07, 6.45) is 0. The summed E-state index contributed by atoms with van der Waals surface area (Å²) in [5.74, 6) is 0.673. The van der Waals surface area contributed by atoms with Crippen LogP contribution < -0.4 is 10.3 Å². The predicted molar refractivity (Wildman–Crippen MR) is 139 cm³/mol. The van der Waals surface area contributed by atoms with Gasteiger partial charge in [-0.1, -0.05) is 36.0 Å². The van der Waals surface area contributed by atoms with Gasteiger partial charge in [-0.15, -0.1) is 0 Å². The summed E-state index contributed by atoms with van der Waals surface area (Å²) >= 11 is 1.25. The SMILES string of the molecule is COCC(C)n1c(C)cc(C(=O)CSc2nc3ccccc3c(=O)n2-c2ccccc2OC)c1C. The van der Waals surface area contributed by atoms with Crippen LogP contribution in [0.2, 0.25) is 0 Å². The number of methoxy groups -OCH3 is 2. The monoisotopic (exact) mass is 491 g/mol. The van der Waals surface area contributed by atoms with E-state index in [1.54, 1.807) is 32.4 Å². The van der Waals surface area contributed by atoms with E-state index < -0.39 is 0 Å². The molecule has 4 rings (SSSR count). The van der Waals surface area contributed by atoms with Gasteiger partial charge in [-0.25, -0.2) is 4.98 Å². The first-order valence-electron chi connectivity index (χ1n) is 11.4. The highest BCUT2D eigenvalue weighted by molar-refractivity contribution is 7.99. The number of ketones is 1. The molecule has 35 heavy (non-hydrogen) atoms. The number of aromatic nitrogens is 3. The number of para-hydroxylation sites is 3. The van der Waals surface area contributed by atoms with Crippen molar-refractivity contribution in [3.63, 3.8) is 0 Å². The second-order valence-electron chi connectivity index (χ2n) is 8.39. The van der Waals surface area contributed by atoms with Gasteiger partial charge in [0.1, 0.15) is 5.75 Å². The van der Waals surface area contributed by atoms with E-state index in [0.717, 1.165) is 11.4 Å². The Balaban J connectivity index is 1.73. The van der Waals surface area contributed by atoms with Gasteiger partial charge >= 0.3 is 0 Å². The van der Waals surface area contributed by atoms with Crippen LogP contribution in [0.25, 0.3) is 16.6 Å². The first kappa shape index (κ1) is 24.8. The zero-order valence-corrected chi connectivity index (χ0v) is 21.4. The maximum atomic E-state index is 13.5. The summed E-state index contributed by atoms with van der Waals surface area (Å²) in [7, 11) is 3.24. The molecule has 0 aliphatic rings. The van der Waals surface area contributed by atoms with Gasteiger partial charge in [-0.3, -0.25) is 14.2 Å². The minimum Gasteiger partial charge on any atom is -0.495 e. The molecule has 0 saturated heterocycles. The number of rotatable bonds is 9. The number of aryl methyl sites for hydroxylation is 1. The van der Waals surface area contributed by atoms with E-state index in [2.05, 4.69) is 11.5 Å². The Bertz CT molecular complexity index is 1440. The molecule has 0 bridgehead atoms. The van der Waals surface area contributed by atoms with E-state index in [0.29, 0.717) is 39.7 Å². The molecule has 7 nitrogen and oxygen atoms in total. The van der Waals surface area contributed by atoms with Crippen molar-refractivity contribution in [1.82, 2.24) is 14.1 Å². The topological polar surface area (TPSA) is 75.4 Å². The van der Waals surface area contributed by atoms with Gasteiger partial charge < -0.3 is 14.0 Å². The van der Waals surface area contributed by atoms with Crippen molar-refractivity contribution in [2.75, 3.05) is 26.6 Å². The Hall–Kier alpha value is -3.36. The smallest absolute Gasteiger partial charge is 0.266 e. The fourth-order valence-electron chi connectivity index (χ4n) is 4.50. The lowest BCUT2D eigenvalue weighted by molar-refractivity contribution is 0.102. The van der Waals surface area contributed by atoms with Crippen molar-refractivity contribution in [2.45, 2.75) is 32.0 Å². The number of carbonyl (C=O) groups is 1. The molecule has 0 radical (unpaired) electrons. The van der Waals surface area contributed by atoms with Gasteiger partial charge in [-0.05, 0) is 51.1 Å². The highest BCUT2D eigenvalue weighted by Crippen LogP contribution is 2.28. The normalized spacial score (nSPS) is 12.1. The summed E-state index contributed by atoms with van der Waals surface area (Å²) in [6, 6.07) is 16.6. The number of nitrogens with zero attached hydrogens (tertiary/aromatic N) is 3. The van der Waals surface area contributed by atoms with Gasteiger partial charge in [0.15, 0.2) is 10.9 Å². The Kier molecular flexibility index (Phi) is 7.42. The molecule has 0 spiro atoms. The Morgan fingerprint density at radius 1 is 1.09 bits per heavy atom. The van der Waals surface area contributed by atoms with Gasteiger partial charge in [0.05, 0.1) is 42.1 Å². The lowest BCUT2D eigenvalue weighted by atomic mass is 10.2. The fraction of sp³-hybridized carbons (Fsp3) is 0.296. The molecule has 182 valence electrons. The first-order chi connectivity index (χ1) is 16.9. The molecule has 0 N–H and O–H groups in total. The van der Waals surface area contributed by atoms with Crippen LogP contribution in [0.5, 0.6) is 5.75 Å². The van der Waals surface area contributed by atoms with E-state index in [-0.39, 0.29) is 23.1 Å². The van der Waals surface area contributed by atoms with Gasteiger partial charge in [-0.2, -0.15) is 0 Å². The third-order valence-electron chi connectivity index (χ3n) is 6.04. The number of benzene rings is 2. The molecule has 0 aliphatic heterocycles. The van der Waals surface area contributed by atoms with Crippen LogP contribution in [0.3, 0.4) is 0 Å². The minimum atomic E-state index is -0.207. The van der Waals surface area contributed by atoms with Crippen molar-refractivity contribution >= 4 is 28.4 Å². The van der Waals surface area contributed by atoms with Gasteiger partial charge in [0.25, 0.3) is 5.56 Å². The first-order valence-corrected chi connectivity index (χ1v) is 12.3.